The SMILES string of the molecule is CC1=N/C(=C\c2ccc(N(C)C)cc2)C(=O)N1C1CCC(C(=O)O)CC1. The van der Waals surface area contributed by atoms with Crippen molar-refractivity contribution >= 4 is 29.5 Å². The van der Waals surface area contributed by atoms with E-state index >= 15 is 0 Å². The first kappa shape index (κ1) is 18.2. The van der Waals surface area contributed by atoms with Gasteiger partial charge in [-0.15, -0.1) is 0 Å². The molecular weight excluding hydrogens is 330 g/mol. The molecule has 1 aromatic carbocycles. The highest BCUT2D eigenvalue weighted by Crippen LogP contribution is 2.31. The number of amidine groups is 1. The van der Waals surface area contributed by atoms with Gasteiger partial charge in [-0.25, -0.2) is 4.99 Å². The fourth-order valence-electron chi connectivity index (χ4n) is 3.68. The van der Waals surface area contributed by atoms with Gasteiger partial charge in [-0.3, -0.25) is 14.5 Å². The van der Waals surface area contributed by atoms with E-state index in [9.17, 15) is 9.59 Å². The van der Waals surface area contributed by atoms with Crippen LogP contribution in [0.15, 0.2) is 35.0 Å². The number of amides is 1. The number of aliphatic imine (C=N–C) groups is 1. The van der Waals surface area contributed by atoms with E-state index in [-0.39, 0.29) is 17.9 Å². The van der Waals surface area contributed by atoms with Gasteiger partial charge in [0, 0.05) is 25.8 Å². The molecule has 1 aromatic rings. The Morgan fingerprint density at radius 2 is 1.81 bits per heavy atom. The molecule has 1 aliphatic heterocycles. The van der Waals surface area contributed by atoms with E-state index in [4.69, 9.17) is 5.11 Å². The van der Waals surface area contributed by atoms with Crippen LogP contribution in [0.2, 0.25) is 0 Å². The van der Waals surface area contributed by atoms with Gasteiger partial charge in [0.15, 0.2) is 0 Å². The van der Waals surface area contributed by atoms with E-state index < -0.39 is 5.97 Å². The zero-order valence-electron chi connectivity index (χ0n) is 15.5. The molecule has 3 rings (SSSR count). The van der Waals surface area contributed by atoms with Crippen molar-refractivity contribution in [1.29, 1.82) is 0 Å². The average Bonchev–Trinajstić information content (AvgIpc) is 2.89. The highest BCUT2D eigenvalue weighted by Gasteiger charge is 2.36. The Hall–Kier alpha value is -2.63. The van der Waals surface area contributed by atoms with Crippen LogP contribution in [0.1, 0.15) is 38.2 Å². The van der Waals surface area contributed by atoms with Gasteiger partial charge in [-0.1, -0.05) is 12.1 Å². The Kier molecular flexibility index (Phi) is 5.11. The van der Waals surface area contributed by atoms with Gasteiger partial charge in [0.1, 0.15) is 11.5 Å². The van der Waals surface area contributed by atoms with E-state index in [2.05, 4.69) is 4.99 Å². The lowest BCUT2D eigenvalue weighted by Crippen LogP contribution is -2.43. The number of rotatable bonds is 4. The van der Waals surface area contributed by atoms with Gasteiger partial charge in [-0.05, 0) is 56.4 Å². The maximum absolute atomic E-state index is 12.8. The van der Waals surface area contributed by atoms with E-state index in [0.717, 1.165) is 11.3 Å². The quantitative estimate of drug-likeness (QED) is 0.843. The van der Waals surface area contributed by atoms with Crippen LogP contribution in [-0.4, -0.2) is 47.9 Å². The van der Waals surface area contributed by atoms with Gasteiger partial charge in [0.05, 0.1) is 5.92 Å². The maximum Gasteiger partial charge on any atom is 0.306 e. The average molecular weight is 355 g/mol. The number of carbonyl (C=O) groups excluding carboxylic acids is 1. The molecule has 0 spiro atoms. The second-order valence-corrected chi connectivity index (χ2v) is 7.19. The lowest BCUT2D eigenvalue weighted by atomic mass is 9.85. The van der Waals surface area contributed by atoms with Crippen LogP contribution in [0, 0.1) is 5.92 Å². The molecular formula is C20H25N3O3. The normalized spacial score (nSPS) is 24.7. The third-order valence-corrected chi connectivity index (χ3v) is 5.19. The Morgan fingerprint density at radius 3 is 2.35 bits per heavy atom. The van der Waals surface area contributed by atoms with Gasteiger partial charge < -0.3 is 10.0 Å². The third-order valence-electron chi connectivity index (χ3n) is 5.19. The van der Waals surface area contributed by atoms with Crippen molar-refractivity contribution in [3.05, 3.63) is 35.5 Å². The number of carboxylic acid groups (broad SMARTS) is 1. The molecule has 6 heteroatoms. The van der Waals surface area contributed by atoms with Crippen molar-refractivity contribution in [1.82, 2.24) is 4.90 Å². The standard InChI is InChI=1S/C20H25N3O3/c1-13-21-18(12-14-4-8-16(9-5-14)22(2)3)19(24)23(13)17-10-6-15(7-11-17)20(25)26/h4-5,8-9,12,15,17H,6-7,10-11H2,1-3H3,(H,25,26)/b18-12-. The Labute approximate surface area is 153 Å². The number of carbonyl (C=O) groups is 2. The van der Waals surface area contributed by atoms with Crippen LogP contribution in [0.25, 0.3) is 6.08 Å². The summed E-state index contributed by atoms with van der Waals surface area (Å²) in [4.78, 5) is 32.2. The van der Waals surface area contributed by atoms with Crippen LogP contribution in [0.4, 0.5) is 5.69 Å². The predicted molar refractivity (Wildman–Crippen MR) is 102 cm³/mol. The predicted octanol–water partition coefficient (Wildman–Crippen LogP) is 3.00. The number of anilines is 1. The summed E-state index contributed by atoms with van der Waals surface area (Å²) in [6.07, 6.45) is 4.46. The molecule has 26 heavy (non-hydrogen) atoms. The van der Waals surface area contributed by atoms with Crippen molar-refractivity contribution in [2.75, 3.05) is 19.0 Å². The minimum atomic E-state index is -0.733. The first-order valence-electron chi connectivity index (χ1n) is 8.97. The first-order chi connectivity index (χ1) is 12.4. The van der Waals surface area contributed by atoms with Crippen molar-refractivity contribution in [2.45, 2.75) is 38.6 Å². The summed E-state index contributed by atoms with van der Waals surface area (Å²) >= 11 is 0. The lowest BCUT2D eigenvalue weighted by Gasteiger charge is -2.33. The van der Waals surface area contributed by atoms with E-state index in [1.54, 1.807) is 4.90 Å². The molecule has 1 amide bonds. The monoisotopic (exact) mass is 355 g/mol. The van der Waals surface area contributed by atoms with Crippen LogP contribution < -0.4 is 4.90 Å². The summed E-state index contributed by atoms with van der Waals surface area (Å²) < 4.78 is 0. The van der Waals surface area contributed by atoms with Crippen LogP contribution >= 0.6 is 0 Å². The zero-order chi connectivity index (χ0) is 18.8. The van der Waals surface area contributed by atoms with E-state index in [1.807, 2.05) is 56.3 Å². The van der Waals surface area contributed by atoms with Crippen LogP contribution in [0.3, 0.4) is 0 Å². The summed E-state index contributed by atoms with van der Waals surface area (Å²) in [6.45, 7) is 1.84. The number of nitrogens with zero attached hydrogens (tertiary/aromatic N) is 3. The summed E-state index contributed by atoms with van der Waals surface area (Å²) in [6, 6.07) is 8.01. The number of benzene rings is 1. The van der Waals surface area contributed by atoms with Gasteiger partial charge >= 0.3 is 5.97 Å². The molecule has 0 bridgehead atoms. The minimum Gasteiger partial charge on any atom is -0.481 e. The van der Waals surface area contributed by atoms with Crippen molar-refractivity contribution in [3.8, 4) is 0 Å². The number of aliphatic carboxylic acids is 1. The minimum absolute atomic E-state index is 0.0452. The number of carboxylic acids is 1. The smallest absolute Gasteiger partial charge is 0.306 e. The summed E-state index contributed by atoms with van der Waals surface area (Å²) in [5.41, 5.74) is 2.48. The highest BCUT2D eigenvalue weighted by atomic mass is 16.4. The number of hydrogen-bond acceptors (Lipinski definition) is 4. The van der Waals surface area contributed by atoms with Crippen LogP contribution in [0.5, 0.6) is 0 Å². The Morgan fingerprint density at radius 1 is 1.19 bits per heavy atom. The molecule has 1 fully saturated rings. The molecule has 0 radical (unpaired) electrons. The molecule has 2 aliphatic rings. The third kappa shape index (κ3) is 3.64. The molecule has 1 N–H and O–H groups in total. The summed E-state index contributed by atoms with van der Waals surface area (Å²) in [5, 5.41) is 9.14. The van der Waals surface area contributed by atoms with Gasteiger partial charge in [0.25, 0.3) is 5.91 Å². The molecule has 0 atom stereocenters. The largest absolute Gasteiger partial charge is 0.481 e. The summed E-state index contributed by atoms with van der Waals surface area (Å²) in [5.74, 6) is -0.405. The molecule has 1 heterocycles. The van der Waals surface area contributed by atoms with Gasteiger partial charge in [0.2, 0.25) is 0 Å². The Balaban J connectivity index is 1.72. The molecule has 1 saturated carbocycles. The topological polar surface area (TPSA) is 73.2 Å². The van der Waals surface area contributed by atoms with Crippen LogP contribution in [-0.2, 0) is 9.59 Å². The molecule has 0 unspecified atom stereocenters. The second-order valence-electron chi connectivity index (χ2n) is 7.19. The zero-order valence-corrected chi connectivity index (χ0v) is 15.5. The molecule has 0 saturated heterocycles. The molecule has 138 valence electrons. The first-order valence-corrected chi connectivity index (χ1v) is 8.97. The number of hydrogen-bond donors (Lipinski definition) is 1. The molecule has 1 aliphatic carbocycles. The fourth-order valence-corrected chi connectivity index (χ4v) is 3.68. The van der Waals surface area contributed by atoms with Crippen molar-refractivity contribution in [2.24, 2.45) is 10.9 Å². The molecule has 6 nitrogen and oxygen atoms in total. The lowest BCUT2D eigenvalue weighted by molar-refractivity contribution is -0.143. The fraction of sp³-hybridized carbons (Fsp3) is 0.450. The van der Waals surface area contributed by atoms with Gasteiger partial charge in [-0.2, -0.15) is 0 Å². The van der Waals surface area contributed by atoms with E-state index in [0.29, 0.717) is 37.2 Å². The summed E-state index contributed by atoms with van der Waals surface area (Å²) in [7, 11) is 3.97. The highest BCUT2D eigenvalue weighted by molar-refractivity contribution is 6.13. The van der Waals surface area contributed by atoms with Crippen molar-refractivity contribution in [3.63, 3.8) is 0 Å². The second kappa shape index (κ2) is 7.32. The maximum atomic E-state index is 12.8. The Bertz CT molecular complexity index is 757. The van der Waals surface area contributed by atoms with Crippen molar-refractivity contribution < 1.29 is 14.7 Å². The van der Waals surface area contributed by atoms with E-state index in [1.165, 1.54) is 0 Å². The molecule has 0 aromatic heterocycles.